The van der Waals surface area contributed by atoms with Crippen LogP contribution >= 0.6 is 0 Å². The van der Waals surface area contributed by atoms with Crippen molar-refractivity contribution in [3.8, 4) is 5.75 Å². The maximum atomic E-state index is 11.4. The Morgan fingerprint density at radius 3 is 2.86 bits per heavy atom. The molecule has 0 saturated heterocycles. The van der Waals surface area contributed by atoms with Crippen molar-refractivity contribution in [2.45, 2.75) is 13.0 Å². The van der Waals surface area contributed by atoms with Gasteiger partial charge in [-0.1, -0.05) is 6.58 Å². The van der Waals surface area contributed by atoms with Crippen LogP contribution in [-0.2, 0) is 0 Å². The third-order valence-electron chi connectivity index (χ3n) is 3.24. The molecule has 0 aliphatic heterocycles. The van der Waals surface area contributed by atoms with E-state index in [1.54, 1.807) is 19.1 Å². The van der Waals surface area contributed by atoms with E-state index < -0.39 is 11.7 Å². The molecule has 21 heavy (non-hydrogen) atoms. The van der Waals surface area contributed by atoms with Gasteiger partial charge in [-0.05, 0) is 30.7 Å². The number of ether oxygens (including phenoxy) is 1. The van der Waals surface area contributed by atoms with Gasteiger partial charge in [0.15, 0.2) is 11.2 Å². The number of fused-ring (bicyclic) bond motifs is 2. The highest BCUT2D eigenvalue weighted by molar-refractivity contribution is 5.99. The molecule has 0 saturated carbocycles. The Bertz CT molecular complexity index is 871. The lowest BCUT2D eigenvalue weighted by Crippen LogP contribution is -2.18. The van der Waals surface area contributed by atoms with E-state index in [4.69, 9.17) is 13.6 Å². The highest BCUT2D eigenvalue weighted by Crippen LogP contribution is 2.35. The van der Waals surface area contributed by atoms with Crippen LogP contribution in [-0.4, -0.2) is 17.8 Å². The summed E-state index contributed by atoms with van der Waals surface area (Å²) in [6, 6.07) is 6.65. The molecule has 0 spiro atoms. The number of aliphatic hydroxyl groups is 1. The first-order chi connectivity index (χ1) is 10.1. The lowest BCUT2D eigenvalue weighted by molar-refractivity contribution is 0.136. The summed E-state index contributed by atoms with van der Waals surface area (Å²) in [5.74, 6) is 0.311. The summed E-state index contributed by atoms with van der Waals surface area (Å²) in [5, 5.41) is 11.3. The zero-order valence-corrected chi connectivity index (χ0v) is 11.5. The number of benzene rings is 1. The van der Waals surface area contributed by atoms with Crippen LogP contribution in [0.3, 0.4) is 0 Å². The van der Waals surface area contributed by atoms with E-state index in [2.05, 4.69) is 6.58 Å². The predicted molar refractivity (Wildman–Crippen MR) is 78.6 cm³/mol. The van der Waals surface area contributed by atoms with Crippen molar-refractivity contribution in [1.29, 1.82) is 0 Å². The lowest BCUT2D eigenvalue weighted by Gasteiger charge is -2.13. The van der Waals surface area contributed by atoms with Gasteiger partial charge >= 0.3 is 5.63 Å². The van der Waals surface area contributed by atoms with Crippen molar-refractivity contribution in [3.63, 3.8) is 0 Å². The maximum absolute atomic E-state index is 11.4. The first-order valence-corrected chi connectivity index (χ1v) is 6.46. The van der Waals surface area contributed by atoms with Crippen molar-refractivity contribution in [2.24, 2.45) is 0 Å². The molecule has 2 heterocycles. The molecule has 1 aromatic carbocycles. The third-order valence-corrected chi connectivity index (χ3v) is 3.24. The number of furan rings is 1. The molecule has 2 aromatic heterocycles. The summed E-state index contributed by atoms with van der Waals surface area (Å²) in [5.41, 5.74) is 0.899. The standard InChI is InChI=1S/C16H14O5/c1-9(2)12(17)8-20-16-14-11(5-6-19-14)7-10-3-4-13(18)21-15(10)16/h3-7,12,17H,1,8H2,2H3/t12-/m0/s1. The van der Waals surface area contributed by atoms with E-state index in [-0.39, 0.29) is 6.61 Å². The molecule has 0 radical (unpaired) electrons. The Hall–Kier alpha value is -2.53. The second kappa shape index (κ2) is 5.10. The fraction of sp³-hybridized carbons (Fsp3) is 0.188. The fourth-order valence-corrected chi connectivity index (χ4v) is 2.04. The molecule has 0 amide bonds. The number of aliphatic hydroxyl groups excluding tert-OH is 1. The molecule has 1 atom stereocenters. The van der Waals surface area contributed by atoms with E-state index in [1.165, 1.54) is 12.3 Å². The van der Waals surface area contributed by atoms with Gasteiger partial charge in [0.1, 0.15) is 12.7 Å². The molecule has 1 N–H and O–H groups in total. The second-order valence-corrected chi connectivity index (χ2v) is 4.89. The minimum Gasteiger partial charge on any atom is -0.483 e. The van der Waals surface area contributed by atoms with Gasteiger partial charge in [0.2, 0.25) is 5.75 Å². The van der Waals surface area contributed by atoms with Crippen LogP contribution in [0.2, 0.25) is 0 Å². The van der Waals surface area contributed by atoms with Gasteiger partial charge < -0.3 is 18.7 Å². The van der Waals surface area contributed by atoms with E-state index in [0.29, 0.717) is 22.5 Å². The minimum atomic E-state index is -0.805. The fourth-order valence-electron chi connectivity index (χ4n) is 2.04. The van der Waals surface area contributed by atoms with Gasteiger partial charge in [-0.15, -0.1) is 0 Å². The average Bonchev–Trinajstić information content (AvgIpc) is 2.91. The average molecular weight is 286 g/mol. The molecule has 108 valence electrons. The normalized spacial score (nSPS) is 12.7. The van der Waals surface area contributed by atoms with Crippen molar-refractivity contribution < 1.29 is 18.7 Å². The molecule has 3 aromatic rings. The van der Waals surface area contributed by atoms with Gasteiger partial charge in [0, 0.05) is 16.8 Å². The van der Waals surface area contributed by atoms with E-state index in [9.17, 15) is 9.90 Å². The monoisotopic (exact) mass is 286 g/mol. The third kappa shape index (κ3) is 2.43. The van der Waals surface area contributed by atoms with Crippen molar-refractivity contribution >= 4 is 21.9 Å². The summed E-state index contributed by atoms with van der Waals surface area (Å²) in [6.45, 7) is 5.38. The lowest BCUT2D eigenvalue weighted by atomic mass is 10.1. The van der Waals surface area contributed by atoms with E-state index in [0.717, 1.165) is 10.8 Å². The predicted octanol–water partition coefficient (Wildman–Crippen LogP) is 2.86. The Balaban J connectivity index is 2.15. The summed E-state index contributed by atoms with van der Waals surface area (Å²) >= 11 is 0. The number of rotatable bonds is 4. The van der Waals surface area contributed by atoms with Gasteiger partial charge in [-0.25, -0.2) is 4.79 Å². The topological polar surface area (TPSA) is 72.8 Å². The molecule has 5 heteroatoms. The van der Waals surface area contributed by atoms with Gasteiger partial charge in [-0.2, -0.15) is 0 Å². The maximum Gasteiger partial charge on any atom is 0.336 e. The van der Waals surface area contributed by atoms with Gasteiger partial charge in [0.05, 0.1) is 6.26 Å². The van der Waals surface area contributed by atoms with Crippen molar-refractivity contribution in [1.82, 2.24) is 0 Å². The van der Waals surface area contributed by atoms with Crippen LogP contribution in [0.25, 0.3) is 21.9 Å². The molecule has 0 aliphatic carbocycles. The zero-order chi connectivity index (χ0) is 15.0. The summed E-state index contributed by atoms with van der Waals surface area (Å²) in [7, 11) is 0. The van der Waals surface area contributed by atoms with Crippen LogP contribution in [0.15, 0.2) is 56.3 Å². The Morgan fingerprint density at radius 1 is 1.33 bits per heavy atom. The molecule has 0 unspecified atom stereocenters. The minimum absolute atomic E-state index is 0.00283. The molecule has 0 bridgehead atoms. The van der Waals surface area contributed by atoms with E-state index >= 15 is 0 Å². The first kappa shape index (κ1) is 13.5. The summed E-state index contributed by atoms with van der Waals surface area (Å²) in [4.78, 5) is 11.4. The largest absolute Gasteiger partial charge is 0.483 e. The Kier molecular flexibility index (Phi) is 3.27. The van der Waals surface area contributed by atoms with Crippen LogP contribution in [0.4, 0.5) is 0 Å². The molecule has 0 fully saturated rings. The van der Waals surface area contributed by atoms with Crippen molar-refractivity contribution in [2.75, 3.05) is 6.61 Å². The molecule has 3 rings (SSSR count). The highest BCUT2D eigenvalue weighted by atomic mass is 16.5. The Labute approximate surface area is 120 Å². The van der Waals surface area contributed by atoms with E-state index in [1.807, 2.05) is 6.07 Å². The SMILES string of the molecule is C=C(C)[C@@H](O)COc1c2occc2cc2ccc(=O)oc12. The van der Waals surface area contributed by atoms with Crippen LogP contribution in [0, 0.1) is 0 Å². The smallest absolute Gasteiger partial charge is 0.336 e. The number of hydrogen-bond acceptors (Lipinski definition) is 5. The van der Waals surface area contributed by atoms with Crippen LogP contribution < -0.4 is 10.4 Å². The van der Waals surface area contributed by atoms with Crippen molar-refractivity contribution in [3.05, 3.63) is 53.1 Å². The molecule has 5 nitrogen and oxygen atoms in total. The summed E-state index contributed by atoms with van der Waals surface area (Å²) in [6.07, 6.45) is 0.727. The zero-order valence-electron chi connectivity index (χ0n) is 11.5. The molecular formula is C16H14O5. The van der Waals surface area contributed by atoms with Gasteiger partial charge in [0.25, 0.3) is 0 Å². The second-order valence-electron chi connectivity index (χ2n) is 4.89. The highest BCUT2D eigenvalue weighted by Gasteiger charge is 2.16. The first-order valence-electron chi connectivity index (χ1n) is 6.46. The summed E-state index contributed by atoms with van der Waals surface area (Å²) < 4.78 is 16.2. The molecule has 0 aliphatic rings. The van der Waals surface area contributed by atoms with Gasteiger partial charge in [-0.3, -0.25) is 0 Å². The quantitative estimate of drug-likeness (QED) is 0.589. The van der Waals surface area contributed by atoms with Crippen LogP contribution in [0.5, 0.6) is 5.75 Å². The number of hydrogen-bond donors (Lipinski definition) is 1. The van der Waals surface area contributed by atoms with Crippen LogP contribution in [0.1, 0.15) is 6.92 Å². The Morgan fingerprint density at radius 2 is 2.10 bits per heavy atom. The molecular weight excluding hydrogens is 272 g/mol.